The number of benzene rings is 1. The van der Waals surface area contributed by atoms with Crippen LogP contribution >= 0.6 is 27.5 Å². The molecular weight excluding hydrogens is 598 g/mol. The largest absolute Gasteiger partial charge is 0.394 e. The number of ether oxygens (including phenoxy) is 1. The summed E-state index contributed by atoms with van der Waals surface area (Å²) in [6.07, 6.45) is 3.53. The van der Waals surface area contributed by atoms with Crippen LogP contribution in [0.4, 0.5) is 5.69 Å². The molecule has 218 valence electrons. The Bertz CT molecular complexity index is 1170. The van der Waals surface area contributed by atoms with E-state index in [9.17, 15) is 19.5 Å². The molecule has 3 unspecified atom stereocenters. The summed E-state index contributed by atoms with van der Waals surface area (Å²) < 4.78 is 6.65. The number of carbonyl (C=O) groups is 3. The maximum Gasteiger partial charge on any atom is 0.253 e. The van der Waals surface area contributed by atoms with Gasteiger partial charge in [0.05, 0.1) is 41.3 Å². The zero-order valence-electron chi connectivity index (χ0n) is 23.6. The molecule has 0 aromatic heterocycles. The molecule has 1 aromatic rings. The fourth-order valence-corrected chi connectivity index (χ4v) is 8.18. The molecule has 40 heavy (non-hydrogen) atoms. The highest BCUT2D eigenvalue weighted by Crippen LogP contribution is 2.61. The second-order valence-electron chi connectivity index (χ2n) is 11.5. The van der Waals surface area contributed by atoms with Crippen molar-refractivity contribution in [3.63, 3.8) is 0 Å². The minimum absolute atomic E-state index is 0.144. The monoisotopic (exact) mass is 635 g/mol. The molecule has 8 nitrogen and oxygen atoms in total. The van der Waals surface area contributed by atoms with Gasteiger partial charge in [-0.1, -0.05) is 65.7 Å². The maximum absolute atomic E-state index is 14.8. The van der Waals surface area contributed by atoms with Crippen LogP contribution in [-0.4, -0.2) is 88.0 Å². The smallest absolute Gasteiger partial charge is 0.253 e. The molecule has 3 fully saturated rings. The summed E-state index contributed by atoms with van der Waals surface area (Å²) in [5, 5.41) is 10.9. The molecule has 2 bridgehead atoms. The topological polar surface area (TPSA) is 90.4 Å². The van der Waals surface area contributed by atoms with Gasteiger partial charge in [0.25, 0.3) is 5.91 Å². The van der Waals surface area contributed by atoms with E-state index < -0.39 is 35.6 Å². The molecule has 0 radical (unpaired) electrons. The molecule has 1 N–H and O–H groups in total. The average molecular weight is 637 g/mol. The van der Waals surface area contributed by atoms with Crippen molar-refractivity contribution >= 4 is 50.9 Å². The van der Waals surface area contributed by atoms with E-state index in [-0.39, 0.29) is 41.6 Å². The summed E-state index contributed by atoms with van der Waals surface area (Å²) in [6.45, 7) is 13.6. The number of carbonyl (C=O) groups excluding carboxylic acids is 3. The molecule has 3 amide bonds. The summed E-state index contributed by atoms with van der Waals surface area (Å²) >= 11 is 10.3. The first-order valence-corrected chi connectivity index (χ1v) is 15.0. The summed E-state index contributed by atoms with van der Waals surface area (Å²) in [7, 11) is 1.67. The first kappa shape index (κ1) is 30.8. The third-order valence-electron chi connectivity index (χ3n) is 8.41. The Kier molecular flexibility index (Phi) is 9.19. The summed E-state index contributed by atoms with van der Waals surface area (Å²) in [4.78, 5) is 47.3. The second kappa shape index (κ2) is 12.0. The zero-order chi connectivity index (χ0) is 29.5. The molecule has 0 aliphatic carbocycles. The van der Waals surface area contributed by atoms with Crippen LogP contribution < -0.4 is 4.90 Å². The molecular formula is C30H39BrClN3O5. The minimum atomic E-state index is -1.25. The Balaban J connectivity index is 1.89. The maximum atomic E-state index is 14.8. The van der Waals surface area contributed by atoms with Crippen molar-refractivity contribution in [2.24, 2.45) is 17.8 Å². The number of nitrogens with zero attached hydrogens (tertiary/aromatic N) is 3. The quantitative estimate of drug-likeness (QED) is 0.293. The Labute approximate surface area is 250 Å². The molecule has 0 saturated carbocycles. The minimum Gasteiger partial charge on any atom is -0.394 e. The van der Waals surface area contributed by atoms with Crippen molar-refractivity contribution in [2.45, 2.75) is 62.2 Å². The number of aliphatic hydroxyl groups is 1. The first-order valence-electron chi connectivity index (χ1n) is 13.7. The van der Waals surface area contributed by atoms with E-state index in [1.807, 2.05) is 32.9 Å². The number of halogens is 2. The van der Waals surface area contributed by atoms with Crippen molar-refractivity contribution in [1.29, 1.82) is 0 Å². The molecule has 4 rings (SSSR count). The van der Waals surface area contributed by atoms with Crippen LogP contribution in [0.5, 0.6) is 0 Å². The van der Waals surface area contributed by atoms with Gasteiger partial charge in [-0.15, -0.1) is 13.2 Å². The van der Waals surface area contributed by atoms with Gasteiger partial charge in [0, 0.05) is 25.0 Å². The van der Waals surface area contributed by atoms with Crippen LogP contribution in [0, 0.1) is 24.7 Å². The lowest BCUT2D eigenvalue weighted by Crippen LogP contribution is -2.59. The number of amides is 3. The van der Waals surface area contributed by atoms with Crippen molar-refractivity contribution in [2.75, 3.05) is 31.6 Å². The molecule has 10 heteroatoms. The number of fused-ring (bicyclic) bond motifs is 1. The zero-order valence-corrected chi connectivity index (χ0v) is 25.9. The van der Waals surface area contributed by atoms with Crippen molar-refractivity contribution in [3.8, 4) is 0 Å². The van der Waals surface area contributed by atoms with Crippen molar-refractivity contribution < 1.29 is 24.2 Å². The molecule has 3 saturated heterocycles. The van der Waals surface area contributed by atoms with Gasteiger partial charge >= 0.3 is 0 Å². The standard InChI is InChI=1S/C30H39BrClN3O5/c1-7-12-33(6)27(37)22-23-28(38)35(19(16-36)14-17(3)4)26(30(23)15-20(31)25(22)40-30)29(39)34(13-8-2)24-18(5)10-9-11-21(24)32/h7-11,17,19-20,22-23,25-26,36H,1-2,12-16H2,3-6H3/t19-,20?,22-,23+,25-,26?,30?/m1/s1. The fourth-order valence-electron chi connectivity index (χ4n) is 6.91. The number of hydrogen-bond donors (Lipinski definition) is 1. The fraction of sp³-hybridized carbons (Fsp3) is 0.567. The summed E-state index contributed by atoms with van der Waals surface area (Å²) in [5.41, 5.74) is 0.0797. The predicted octanol–water partition coefficient (Wildman–Crippen LogP) is 3.97. The highest BCUT2D eigenvalue weighted by molar-refractivity contribution is 9.09. The van der Waals surface area contributed by atoms with Crippen LogP contribution in [-0.2, 0) is 19.1 Å². The van der Waals surface area contributed by atoms with Gasteiger partial charge in [-0.3, -0.25) is 14.4 Å². The number of likely N-dealkylation sites (N-methyl/N-ethyl adjacent to an activating group) is 1. The van der Waals surface area contributed by atoms with E-state index in [1.165, 1.54) is 9.80 Å². The van der Waals surface area contributed by atoms with E-state index in [1.54, 1.807) is 30.2 Å². The van der Waals surface area contributed by atoms with Gasteiger partial charge in [-0.05, 0) is 37.3 Å². The Hall–Kier alpha value is -2.20. The summed E-state index contributed by atoms with van der Waals surface area (Å²) in [5.74, 6) is -2.42. The van der Waals surface area contributed by atoms with Gasteiger partial charge in [0.1, 0.15) is 11.6 Å². The molecule has 7 atom stereocenters. The number of aryl methyl sites for hydroxylation is 1. The van der Waals surface area contributed by atoms with E-state index in [4.69, 9.17) is 16.3 Å². The van der Waals surface area contributed by atoms with Gasteiger partial charge in [-0.25, -0.2) is 0 Å². The number of rotatable bonds is 11. The van der Waals surface area contributed by atoms with Crippen LogP contribution in [0.2, 0.25) is 5.02 Å². The lowest BCUT2D eigenvalue weighted by Gasteiger charge is -2.40. The summed E-state index contributed by atoms with van der Waals surface area (Å²) in [6, 6.07) is 3.71. The van der Waals surface area contributed by atoms with E-state index in [0.717, 1.165) is 5.56 Å². The van der Waals surface area contributed by atoms with Crippen molar-refractivity contribution in [1.82, 2.24) is 9.80 Å². The highest BCUT2D eigenvalue weighted by Gasteiger charge is 2.77. The average Bonchev–Trinajstić information content (AvgIpc) is 3.49. The molecule has 3 aliphatic rings. The van der Waals surface area contributed by atoms with Crippen LogP contribution in [0.25, 0.3) is 0 Å². The SMILES string of the molecule is C=CCN(C)C(=O)[C@H]1[C@@H]2OC3(CC2Br)C(C(=O)N(CC=C)c2c(C)cccc2Cl)N([C@@H](CO)CC(C)C)C(=O)[C@H]13. The Morgan fingerprint density at radius 3 is 2.52 bits per heavy atom. The van der Waals surface area contributed by atoms with E-state index in [2.05, 4.69) is 29.1 Å². The molecule has 1 aromatic carbocycles. The molecule has 3 heterocycles. The predicted molar refractivity (Wildman–Crippen MR) is 159 cm³/mol. The molecule has 3 aliphatic heterocycles. The van der Waals surface area contributed by atoms with Crippen molar-refractivity contribution in [3.05, 3.63) is 54.1 Å². The normalized spacial score (nSPS) is 29.4. The number of alkyl halides is 1. The number of hydrogen-bond acceptors (Lipinski definition) is 5. The van der Waals surface area contributed by atoms with Gasteiger partial charge in [0.2, 0.25) is 11.8 Å². The van der Waals surface area contributed by atoms with E-state index >= 15 is 0 Å². The first-order chi connectivity index (χ1) is 18.9. The lowest BCUT2D eigenvalue weighted by molar-refractivity contribution is -0.147. The number of anilines is 1. The van der Waals surface area contributed by atoms with E-state index in [0.29, 0.717) is 30.1 Å². The third kappa shape index (κ3) is 4.93. The van der Waals surface area contributed by atoms with Crippen LogP contribution in [0.1, 0.15) is 32.3 Å². The van der Waals surface area contributed by atoms with Gasteiger partial charge in [-0.2, -0.15) is 0 Å². The van der Waals surface area contributed by atoms with Gasteiger partial charge in [0.15, 0.2) is 0 Å². The lowest BCUT2D eigenvalue weighted by atomic mass is 9.70. The molecule has 1 spiro atoms. The Morgan fingerprint density at radius 1 is 1.27 bits per heavy atom. The number of aliphatic hydroxyl groups excluding tert-OH is 1. The third-order valence-corrected chi connectivity index (χ3v) is 9.56. The second-order valence-corrected chi connectivity index (χ2v) is 13.1. The van der Waals surface area contributed by atoms with Crippen LogP contribution in [0.15, 0.2) is 43.5 Å². The van der Waals surface area contributed by atoms with Crippen LogP contribution in [0.3, 0.4) is 0 Å². The number of para-hydroxylation sites is 1. The number of likely N-dealkylation sites (tertiary alicyclic amines) is 1. The highest BCUT2D eigenvalue weighted by atomic mass is 79.9. The van der Waals surface area contributed by atoms with Gasteiger partial charge < -0.3 is 24.5 Å². The Morgan fingerprint density at radius 2 is 1.95 bits per heavy atom.